The Kier molecular flexibility index (Phi) is 6.73. The van der Waals surface area contributed by atoms with Gasteiger partial charge < -0.3 is 18.4 Å². The summed E-state index contributed by atoms with van der Waals surface area (Å²) in [5.41, 5.74) is 9.13. The summed E-state index contributed by atoms with van der Waals surface area (Å²) in [4.78, 5) is 4.85. The van der Waals surface area contributed by atoms with Crippen molar-refractivity contribution in [3.63, 3.8) is 0 Å². The highest BCUT2D eigenvalue weighted by atomic mass is 16.5. The van der Waals surface area contributed by atoms with Crippen LogP contribution in [0.3, 0.4) is 0 Å². The molecule has 5 heterocycles. The second-order valence-corrected chi connectivity index (χ2v) is 16.3. The van der Waals surface area contributed by atoms with Crippen molar-refractivity contribution in [3.8, 4) is 28.7 Å². The predicted octanol–water partition coefficient (Wildman–Crippen LogP) is 10.5. The maximum absolute atomic E-state index is 6.69. The zero-order valence-corrected chi connectivity index (χ0v) is 30.4. The van der Waals surface area contributed by atoms with Crippen molar-refractivity contribution in [1.29, 1.82) is 0 Å². The van der Waals surface area contributed by atoms with Gasteiger partial charge in [-0.25, -0.2) is 4.98 Å². The number of benzene rings is 4. The molecule has 4 aromatic carbocycles. The Balaban J connectivity index is 1.17. The van der Waals surface area contributed by atoms with Crippen molar-refractivity contribution < 1.29 is 9.30 Å². The highest BCUT2D eigenvalue weighted by Crippen LogP contribution is 2.44. The first-order valence-electron chi connectivity index (χ1n) is 17.9. The number of imidazole rings is 1. The topological polar surface area (TPSA) is 40.8 Å². The van der Waals surface area contributed by atoms with Crippen molar-refractivity contribution >= 4 is 33.0 Å². The zero-order valence-electron chi connectivity index (χ0n) is 30.4. The Labute approximate surface area is 299 Å². The number of rotatable bonds is 5. The molecule has 0 unspecified atom stereocenters. The molecule has 0 atom stereocenters. The number of ether oxygens (including phenoxy) is 1. The van der Waals surface area contributed by atoms with Crippen LogP contribution < -0.4 is 9.30 Å². The van der Waals surface area contributed by atoms with Crippen LogP contribution in [0.2, 0.25) is 0 Å². The Bertz CT molecular complexity index is 2630. The number of hydrogen-bond donors (Lipinski definition) is 0. The molecule has 6 nitrogen and oxygen atoms in total. The van der Waals surface area contributed by atoms with Crippen LogP contribution in [0.5, 0.6) is 11.5 Å². The largest absolute Gasteiger partial charge is 0.458 e. The standard InChI is InChI=1S/C45H43N5O/c1-43(2,3)30-22-23-46-40(24-30)50-38-19-12-11-18-35(38)36-21-20-34(26-39(36)50)51-33-17-13-16-32(25-33)48-29-49-41-37(44(4,5)28-45(49,6)7)27-47(42(41)48)31-14-9-8-10-15-31/h8-27H,28H2,1-7H3. The monoisotopic (exact) mass is 669 g/mol. The predicted molar refractivity (Wildman–Crippen MR) is 206 cm³/mol. The molecule has 0 N–H and O–H groups in total. The lowest BCUT2D eigenvalue weighted by Crippen LogP contribution is -2.57. The van der Waals surface area contributed by atoms with Gasteiger partial charge in [0.15, 0.2) is 0 Å². The minimum Gasteiger partial charge on any atom is -0.458 e. The zero-order chi connectivity index (χ0) is 35.3. The van der Waals surface area contributed by atoms with Crippen molar-refractivity contribution in [1.82, 2.24) is 18.7 Å². The van der Waals surface area contributed by atoms with Gasteiger partial charge in [-0.2, -0.15) is 0 Å². The highest BCUT2D eigenvalue weighted by Gasteiger charge is 2.42. The lowest BCUT2D eigenvalue weighted by Gasteiger charge is -2.39. The average molecular weight is 670 g/mol. The van der Waals surface area contributed by atoms with E-state index in [0.717, 1.165) is 57.2 Å². The second-order valence-electron chi connectivity index (χ2n) is 16.3. The van der Waals surface area contributed by atoms with Gasteiger partial charge in [0.1, 0.15) is 23.0 Å². The van der Waals surface area contributed by atoms with Crippen molar-refractivity contribution in [2.45, 2.75) is 71.3 Å². The normalized spacial score (nSPS) is 15.2. The van der Waals surface area contributed by atoms with Crippen LogP contribution in [0.15, 0.2) is 122 Å². The van der Waals surface area contributed by atoms with Crippen molar-refractivity contribution in [2.75, 3.05) is 0 Å². The Hall–Kier alpha value is -5.62. The maximum Gasteiger partial charge on any atom is 0.246 e. The van der Waals surface area contributed by atoms with Crippen LogP contribution in [0.4, 0.5) is 0 Å². The minimum absolute atomic E-state index is 0.00569. The third kappa shape index (κ3) is 4.99. The molecular formula is C45H43N5O. The summed E-state index contributed by atoms with van der Waals surface area (Å²) >= 11 is 0. The van der Waals surface area contributed by atoms with Gasteiger partial charge in [0.25, 0.3) is 0 Å². The third-order valence-corrected chi connectivity index (χ3v) is 10.6. The maximum atomic E-state index is 6.69. The van der Waals surface area contributed by atoms with Gasteiger partial charge in [-0.05, 0) is 96.8 Å². The lowest BCUT2D eigenvalue weighted by molar-refractivity contribution is -0.744. The lowest BCUT2D eigenvalue weighted by atomic mass is 9.73. The number of nitrogens with zero attached hydrogens (tertiary/aromatic N) is 5. The van der Waals surface area contributed by atoms with E-state index in [0.29, 0.717) is 0 Å². The molecule has 51 heavy (non-hydrogen) atoms. The summed E-state index contributed by atoms with van der Waals surface area (Å²) in [5.74, 6) is 2.43. The van der Waals surface area contributed by atoms with Crippen LogP contribution >= 0.6 is 0 Å². The van der Waals surface area contributed by atoms with Crippen LogP contribution in [0, 0.1) is 6.33 Å². The molecule has 254 valence electrons. The molecule has 0 amide bonds. The summed E-state index contributed by atoms with van der Waals surface area (Å²) < 4.78 is 15.8. The molecule has 0 spiro atoms. The van der Waals surface area contributed by atoms with Crippen molar-refractivity contribution in [2.24, 2.45) is 0 Å². The molecule has 0 saturated heterocycles. The average Bonchev–Trinajstić information content (AvgIpc) is 3.78. The highest BCUT2D eigenvalue weighted by molar-refractivity contribution is 6.09. The Morgan fingerprint density at radius 2 is 1.47 bits per heavy atom. The second kappa shape index (κ2) is 10.9. The summed E-state index contributed by atoms with van der Waals surface area (Å²) in [6.45, 7) is 16.1. The molecule has 0 fully saturated rings. The van der Waals surface area contributed by atoms with Gasteiger partial charge in [0.05, 0.1) is 27.8 Å². The molecule has 4 aromatic heterocycles. The first kappa shape index (κ1) is 31.4. The van der Waals surface area contributed by atoms with E-state index in [-0.39, 0.29) is 16.4 Å². The van der Waals surface area contributed by atoms with Gasteiger partial charge in [0.2, 0.25) is 6.33 Å². The van der Waals surface area contributed by atoms with E-state index in [1.807, 2.05) is 12.3 Å². The van der Waals surface area contributed by atoms with E-state index >= 15 is 0 Å². The Morgan fingerprint density at radius 3 is 2.27 bits per heavy atom. The Morgan fingerprint density at radius 1 is 0.745 bits per heavy atom. The number of para-hydroxylation sites is 2. The van der Waals surface area contributed by atoms with Gasteiger partial charge in [-0.3, -0.25) is 4.57 Å². The van der Waals surface area contributed by atoms with Gasteiger partial charge in [-0.1, -0.05) is 83.1 Å². The van der Waals surface area contributed by atoms with Crippen molar-refractivity contribution in [3.05, 3.63) is 139 Å². The number of aromatic nitrogens is 5. The fourth-order valence-corrected chi connectivity index (χ4v) is 8.36. The first-order valence-corrected chi connectivity index (χ1v) is 17.9. The van der Waals surface area contributed by atoms with E-state index in [4.69, 9.17) is 9.72 Å². The summed E-state index contributed by atoms with van der Waals surface area (Å²) in [5, 5.41) is 2.35. The van der Waals surface area contributed by atoms with Gasteiger partial charge in [-0.15, -0.1) is 0 Å². The van der Waals surface area contributed by atoms with E-state index in [1.165, 1.54) is 22.0 Å². The fraction of sp³-hybridized carbons (Fsp3) is 0.244. The summed E-state index contributed by atoms with van der Waals surface area (Å²) in [7, 11) is 0. The quantitative estimate of drug-likeness (QED) is 0.135. The summed E-state index contributed by atoms with van der Waals surface area (Å²) in [6, 6.07) is 38.2. The molecule has 1 aliphatic rings. The van der Waals surface area contributed by atoms with Crippen LogP contribution in [0.25, 0.3) is 50.2 Å². The van der Waals surface area contributed by atoms with E-state index < -0.39 is 0 Å². The molecule has 6 heteroatoms. The van der Waals surface area contributed by atoms with Gasteiger partial charge in [0, 0.05) is 34.9 Å². The van der Waals surface area contributed by atoms with E-state index in [1.54, 1.807) is 0 Å². The molecule has 9 rings (SSSR count). The number of pyridine rings is 1. The minimum atomic E-state index is -0.105. The molecule has 0 bridgehead atoms. The van der Waals surface area contributed by atoms with Crippen LogP contribution in [0.1, 0.15) is 66.0 Å². The fourth-order valence-electron chi connectivity index (χ4n) is 8.36. The molecule has 1 aliphatic heterocycles. The molecule has 0 radical (unpaired) electrons. The third-order valence-electron chi connectivity index (χ3n) is 10.6. The number of fused-ring (bicyclic) bond motifs is 3. The SMILES string of the molecule is CC(C)(C)c1ccnc(-n2c3ccccc3c3ccc(Oc4cccc(-n5[c-][n+]6c7c(cn(-c8ccccc8)c75)C(C)(C)CC6(C)C)c4)cc32)c1. The molecule has 8 aromatic rings. The van der Waals surface area contributed by atoms with Crippen LogP contribution in [-0.2, 0) is 16.4 Å². The van der Waals surface area contributed by atoms with E-state index in [2.05, 4.69) is 182 Å². The smallest absolute Gasteiger partial charge is 0.246 e. The summed E-state index contributed by atoms with van der Waals surface area (Å²) in [6.07, 6.45) is 9.05. The van der Waals surface area contributed by atoms with Crippen LogP contribution in [-0.4, -0.2) is 18.7 Å². The van der Waals surface area contributed by atoms with Gasteiger partial charge >= 0.3 is 0 Å². The molecule has 0 saturated carbocycles. The molecular weight excluding hydrogens is 627 g/mol. The molecule has 0 aliphatic carbocycles. The first-order chi connectivity index (χ1) is 24.4. The number of hydrogen-bond acceptors (Lipinski definition) is 2. The van der Waals surface area contributed by atoms with E-state index in [9.17, 15) is 0 Å².